The Balaban J connectivity index is 0.00000176. The van der Waals surface area contributed by atoms with Crippen molar-refractivity contribution >= 4 is 18.2 Å². The highest BCUT2D eigenvalue weighted by molar-refractivity contribution is 6.01. The number of Topliss-reactive ketones (excluding diaryl/α,β-unsaturated/α-hetero) is 1. The molecule has 114 valence electrons. The molecule has 0 bridgehead atoms. The summed E-state index contributed by atoms with van der Waals surface area (Å²) in [7, 11) is 0. The number of hydrogen-bond acceptors (Lipinski definition) is 2. The lowest BCUT2D eigenvalue weighted by Gasteiger charge is -2.23. The zero-order chi connectivity index (χ0) is 14.5. The average Bonchev–Trinajstić information content (AvgIpc) is 3.07. The second-order valence-corrected chi connectivity index (χ2v) is 5.38. The van der Waals surface area contributed by atoms with Crippen molar-refractivity contribution in [1.29, 1.82) is 0 Å². The number of hydrogen-bond donors (Lipinski definition) is 0. The molecule has 3 heteroatoms. The van der Waals surface area contributed by atoms with E-state index in [1.54, 1.807) is 0 Å². The molecule has 1 aliphatic heterocycles. The van der Waals surface area contributed by atoms with Crippen LogP contribution in [-0.4, -0.2) is 30.3 Å². The van der Waals surface area contributed by atoms with E-state index in [4.69, 9.17) is 0 Å². The highest BCUT2D eigenvalue weighted by Crippen LogP contribution is 2.23. The predicted molar refractivity (Wildman–Crippen MR) is 92.8 cm³/mol. The summed E-state index contributed by atoms with van der Waals surface area (Å²) in [5, 5.41) is 0. The van der Waals surface area contributed by atoms with Gasteiger partial charge in [-0.15, -0.1) is 12.4 Å². The van der Waals surface area contributed by atoms with Gasteiger partial charge in [-0.2, -0.15) is 0 Å². The van der Waals surface area contributed by atoms with Gasteiger partial charge in [-0.1, -0.05) is 72.8 Å². The topological polar surface area (TPSA) is 20.3 Å². The molecule has 22 heavy (non-hydrogen) atoms. The van der Waals surface area contributed by atoms with Gasteiger partial charge in [-0.3, -0.25) is 9.69 Å². The van der Waals surface area contributed by atoms with Crippen LogP contribution in [0.25, 0.3) is 0 Å². The third kappa shape index (κ3) is 3.85. The normalized spacial score (nSPS) is 15.3. The fraction of sp³-hybridized carbons (Fsp3) is 0.211. The van der Waals surface area contributed by atoms with Crippen molar-refractivity contribution in [2.45, 2.75) is 5.92 Å². The molecule has 0 radical (unpaired) electrons. The van der Waals surface area contributed by atoms with Gasteiger partial charge in [0.2, 0.25) is 0 Å². The Labute approximate surface area is 137 Å². The maximum atomic E-state index is 12.9. The standard InChI is InChI=1S/C19H19NO.ClH/c21-19(17-11-5-2-6-12-17)18(15-20-13-7-8-14-20)16-9-3-1-4-10-16;/h1-12,18H,13-15H2;1H. The molecule has 1 atom stereocenters. The Morgan fingerprint density at radius 1 is 0.909 bits per heavy atom. The van der Waals surface area contributed by atoms with Crippen LogP contribution in [0.3, 0.4) is 0 Å². The minimum Gasteiger partial charge on any atom is -0.295 e. The van der Waals surface area contributed by atoms with Gasteiger partial charge in [0.15, 0.2) is 5.78 Å². The number of carbonyl (C=O) groups excluding carboxylic acids is 1. The SMILES string of the molecule is Cl.O=C(c1ccccc1)C(CN1CC=CC1)c1ccccc1. The maximum Gasteiger partial charge on any atom is 0.171 e. The van der Waals surface area contributed by atoms with Crippen LogP contribution in [-0.2, 0) is 0 Å². The van der Waals surface area contributed by atoms with Gasteiger partial charge in [0.05, 0.1) is 5.92 Å². The van der Waals surface area contributed by atoms with Gasteiger partial charge in [0.25, 0.3) is 0 Å². The fourth-order valence-corrected chi connectivity index (χ4v) is 2.76. The maximum absolute atomic E-state index is 12.9. The van der Waals surface area contributed by atoms with Crippen molar-refractivity contribution in [2.24, 2.45) is 0 Å². The summed E-state index contributed by atoms with van der Waals surface area (Å²) in [5.41, 5.74) is 1.89. The first-order valence-corrected chi connectivity index (χ1v) is 7.36. The van der Waals surface area contributed by atoms with Crippen LogP contribution < -0.4 is 0 Å². The molecule has 2 aromatic rings. The van der Waals surface area contributed by atoms with E-state index in [-0.39, 0.29) is 24.1 Å². The van der Waals surface area contributed by atoms with Crippen molar-refractivity contribution in [3.63, 3.8) is 0 Å². The summed E-state index contributed by atoms with van der Waals surface area (Å²) >= 11 is 0. The summed E-state index contributed by atoms with van der Waals surface area (Å²) < 4.78 is 0. The Hall–Kier alpha value is -1.90. The molecular weight excluding hydrogens is 294 g/mol. The number of ketones is 1. The number of rotatable bonds is 5. The molecule has 0 aliphatic carbocycles. The molecule has 1 unspecified atom stereocenters. The van der Waals surface area contributed by atoms with E-state index in [9.17, 15) is 4.79 Å². The van der Waals surface area contributed by atoms with E-state index < -0.39 is 0 Å². The molecule has 0 N–H and O–H groups in total. The summed E-state index contributed by atoms with van der Waals surface area (Å²) in [6.07, 6.45) is 4.32. The molecule has 2 aromatic carbocycles. The second kappa shape index (κ2) is 7.92. The number of benzene rings is 2. The van der Waals surface area contributed by atoms with Crippen molar-refractivity contribution < 1.29 is 4.79 Å². The molecule has 1 aliphatic rings. The monoisotopic (exact) mass is 313 g/mol. The minimum absolute atomic E-state index is 0. The third-order valence-electron chi connectivity index (χ3n) is 3.91. The lowest BCUT2D eigenvalue weighted by molar-refractivity contribution is 0.0941. The Bertz CT molecular complexity index is 616. The van der Waals surface area contributed by atoms with Crippen LogP contribution in [0.2, 0.25) is 0 Å². The zero-order valence-electron chi connectivity index (χ0n) is 12.4. The first-order valence-electron chi connectivity index (χ1n) is 7.36. The van der Waals surface area contributed by atoms with E-state index >= 15 is 0 Å². The van der Waals surface area contributed by atoms with E-state index in [0.29, 0.717) is 0 Å². The Morgan fingerprint density at radius 2 is 1.45 bits per heavy atom. The van der Waals surface area contributed by atoms with E-state index in [0.717, 1.165) is 30.8 Å². The molecule has 2 nitrogen and oxygen atoms in total. The zero-order valence-corrected chi connectivity index (χ0v) is 13.2. The minimum atomic E-state index is -0.103. The number of halogens is 1. The van der Waals surface area contributed by atoms with Gasteiger partial charge in [-0.05, 0) is 5.56 Å². The number of nitrogens with zero attached hydrogens (tertiary/aromatic N) is 1. The van der Waals surface area contributed by atoms with Crippen LogP contribution in [0.15, 0.2) is 72.8 Å². The predicted octanol–water partition coefficient (Wildman–Crippen LogP) is 3.95. The molecule has 0 saturated carbocycles. The largest absolute Gasteiger partial charge is 0.295 e. The van der Waals surface area contributed by atoms with Gasteiger partial charge in [-0.25, -0.2) is 0 Å². The molecule has 0 aromatic heterocycles. The van der Waals surface area contributed by atoms with Gasteiger partial charge < -0.3 is 0 Å². The first-order chi connectivity index (χ1) is 10.3. The first kappa shape index (κ1) is 16.5. The lowest BCUT2D eigenvalue weighted by Crippen LogP contribution is -2.30. The fourth-order valence-electron chi connectivity index (χ4n) is 2.76. The highest BCUT2D eigenvalue weighted by Gasteiger charge is 2.24. The summed E-state index contributed by atoms with van der Waals surface area (Å²) in [6, 6.07) is 19.7. The van der Waals surface area contributed by atoms with Crippen molar-refractivity contribution in [3.05, 3.63) is 83.9 Å². The van der Waals surface area contributed by atoms with Crippen LogP contribution in [0, 0.1) is 0 Å². The smallest absolute Gasteiger partial charge is 0.171 e. The Morgan fingerprint density at radius 3 is 2.05 bits per heavy atom. The molecular formula is C19H20ClNO. The van der Waals surface area contributed by atoms with E-state index in [1.807, 2.05) is 48.5 Å². The number of carbonyl (C=O) groups is 1. The van der Waals surface area contributed by atoms with Crippen molar-refractivity contribution in [3.8, 4) is 0 Å². The molecule has 1 heterocycles. The molecule has 0 fully saturated rings. The van der Waals surface area contributed by atoms with Crippen LogP contribution in [0.5, 0.6) is 0 Å². The highest BCUT2D eigenvalue weighted by atomic mass is 35.5. The van der Waals surface area contributed by atoms with Crippen LogP contribution >= 0.6 is 12.4 Å². The summed E-state index contributed by atoms with van der Waals surface area (Å²) in [4.78, 5) is 15.2. The van der Waals surface area contributed by atoms with Gasteiger partial charge in [0.1, 0.15) is 0 Å². The molecule has 0 saturated heterocycles. The summed E-state index contributed by atoms with van der Waals surface area (Å²) in [6.45, 7) is 2.64. The van der Waals surface area contributed by atoms with Crippen molar-refractivity contribution in [2.75, 3.05) is 19.6 Å². The average molecular weight is 314 g/mol. The molecule has 0 spiro atoms. The quantitative estimate of drug-likeness (QED) is 0.615. The van der Waals surface area contributed by atoms with E-state index in [1.165, 1.54) is 0 Å². The van der Waals surface area contributed by atoms with Crippen LogP contribution in [0.1, 0.15) is 21.8 Å². The lowest BCUT2D eigenvalue weighted by atomic mass is 9.90. The molecule has 3 rings (SSSR count). The summed E-state index contributed by atoms with van der Waals surface area (Å²) in [5.74, 6) is 0.0993. The van der Waals surface area contributed by atoms with Crippen LogP contribution in [0.4, 0.5) is 0 Å². The van der Waals surface area contributed by atoms with E-state index in [2.05, 4.69) is 29.2 Å². The third-order valence-corrected chi connectivity index (χ3v) is 3.91. The van der Waals surface area contributed by atoms with Gasteiger partial charge in [0, 0.05) is 25.2 Å². The van der Waals surface area contributed by atoms with Gasteiger partial charge >= 0.3 is 0 Å². The second-order valence-electron chi connectivity index (χ2n) is 5.38. The Kier molecular flexibility index (Phi) is 5.93. The molecule has 0 amide bonds. The van der Waals surface area contributed by atoms with Crippen molar-refractivity contribution in [1.82, 2.24) is 4.90 Å².